The smallest absolute Gasteiger partial charge is 0.248 e. The number of hydrogen-bond acceptors (Lipinski definition) is 2. The Labute approximate surface area is 113 Å². The van der Waals surface area contributed by atoms with Crippen molar-refractivity contribution < 1.29 is 4.86 Å². The van der Waals surface area contributed by atoms with Gasteiger partial charge in [-0.15, -0.1) is 0 Å². The Bertz CT molecular complexity index is 591. The van der Waals surface area contributed by atoms with Gasteiger partial charge < -0.3 is 5.21 Å². The summed E-state index contributed by atoms with van der Waals surface area (Å²) in [5, 5.41) is 16.4. The molecule has 0 saturated heterocycles. The summed E-state index contributed by atoms with van der Waals surface area (Å²) in [7, 11) is 0. The van der Waals surface area contributed by atoms with Gasteiger partial charge in [0, 0.05) is 16.7 Å². The Morgan fingerprint density at radius 1 is 0.895 bits per heavy atom. The predicted molar refractivity (Wildman–Crippen MR) is 77.0 cm³/mol. The Hall–Kier alpha value is -2.16. The first-order valence-corrected chi connectivity index (χ1v) is 6.61. The van der Waals surface area contributed by atoms with Crippen molar-refractivity contribution in [2.75, 3.05) is 0 Å². The Kier molecular flexibility index (Phi) is 4.29. The van der Waals surface area contributed by atoms with Gasteiger partial charge in [0.05, 0.1) is 0 Å². The summed E-state index contributed by atoms with van der Waals surface area (Å²) in [6.45, 7) is 4.09. The molecule has 3 heteroatoms. The summed E-state index contributed by atoms with van der Waals surface area (Å²) >= 11 is 0. The summed E-state index contributed by atoms with van der Waals surface area (Å²) in [6.07, 6.45) is 1.68. The second kappa shape index (κ2) is 6.14. The van der Waals surface area contributed by atoms with Gasteiger partial charge in [0.2, 0.25) is 5.69 Å². The van der Waals surface area contributed by atoms with E-state index in [1.165, 1.54) is 0 Å². The van der Waals surface area contributed by atoms with Gasteiger partial charge in [-0.1, -0.05) is 50.2 Å². The van der Waals surface area contributed by atoms with Crippen molar-refractivity contribution in [2.24, 2.45) is 5.11 Å². The van der Waals surface area contributed by atoms with Crippen LogP contribution in [0.2, 0.25) is 0 Å². The first kappa shape index (κ1) is 13.3. The average molecular weight is 254 g/mol. The normalized spacial score (nSPS) is 11.6. The van der Waals surface area contributed by atoms with Gasteiger partial charge in [-0.3, -0.25) is 0 Å². The SMILES string of the molecule is CCc1ccccc1N=[N+]([O-])c1ccccc1CC. The van der Waals surface area contributed by atoms with E-state index in [0.717, 1.165) is 34.5 Å². The van der Waals surface area contributed by atoms with Crippen LogP contribution in [0.25, 0.3) is 0 Å². The highest BCUT2D eigenvalue weighted by Crippen LogP contribution is 2.24. The Morgan fingerprint density at radius 3 is 2.16 bits per heavy atom. The minimum Gasteiger partial charge on any atom is -0.594 e. The summed E-state index contributed by atoms with van der Waals surface area (Å²) < 4.78 is 0. The summed E-state index contributed by atoms with van der Waals surface area (Å²) in [5.41, 5.74) is 3.45. The molecule has 0 aromatic heterocycles. The van der Waals surface area contributed by atoms with Crippen molar-refractivity contribution in [1.29, 1.82) is 0 Å². The topological polar surface area (TPSA) is 38.4 Å². The molecule has 0 spiro atoms. The van der Waals surface area contributed by atoms with E-state index in [4.69, 9.17) is 0 Å². The van der Waals surface area contributed by atoms with E-state index in [-0.39, 0.29) is 0 Å². The van der Waals surface area contributed by atoms with Crippen molar-refractivity contribution in [3.63, 3.8) is 0 Å². The maximum atomic E-state index is 12.2. The van der Waals surface area contributed by atoms with Gasteiger partial charge in [-0.05, 0) is 29.3 Å². The number of rotatable bonds is 4. The highest BCUT2D eigenvalue weighted by molar-refractivity contribution is 5.45. The molecule has 3 nitrogen and oxygen atoms in total. The van der Waals surface area contributed by atoms with E-state index in [1.807, 2.05) is 55.5 Å². The van der Waals surface area contributed by atoms with Gasteiger partial charge in [0.1, 0.15) is 5.69 Å². The third kappa shape index (κ3) is 2.99. The molecule has 0 bridgehead atoms. The molecular formula is C16H18N2O. The monoisotopic (exact) mass is 254 g/mol. The van der Waals surface area contributed by atoms with E-state index >= 15 is 0 Å². The molecule has 0 N–H and O–H groups in total. The minimum atomic E-state index is 0.621. The predicted octanol–water partition coefficient (Wildman–Crippen LogP) is 4.74. The lowest BCUT2D eigenvalue weighted by Gasteiger charge is -2.05. The zero-order valence-corrected chi connectivity index (χ0v) is 11.3. The maximum absolute atomic E-state index is 12.2. The summed E-state index contributed by atoms with van der Waals surface area (Å²) in [5.74, 6) is 0. The van der Waals surface area contributed by atoms with Crippen LogP contribution in [-0.2, 0) is 12.8 Å². The number of hydrogen-bond donors (Lipinski definition) is 0. The fourth-order valence-corrected chi connectivity index (χ4v) is 2.06. The molecule has 0 heterocycles. The van der Waals surface area contributed by atoms with Crippen LogP contribution in [0.1, 0.15) is 25.0 Å². The lowest BCUT2D eigenvalue weighted by atomic mass is 10.1. The molecule has 0 radical (unpaired) electrons. The van der Waals surface area contributed by atoms with Gasteiger partial charge in [-0.25, -0.2) is 0 Å². The van der Waals surface area contributed by atoms with Crippen molar-refractivity contribution >= 4 is 11.4 Å². The fourth-order valence-electron chi connectivity index (χ4n) is 2.06. The number of azo groups is 1. The van der Waals surface area contributed by atoms with Crippen molar-refractivity contribution in [2.45, 2.75) is 26.7 Å². The van der Waals surface area contributed by atoms with E-state index in [0.29, 0.717) is 5.69 Å². The van der Waals surface area contributed by atoms with E-state index in [9.17, 15) is 5.21 Å². The molecule has 2 aromatic rings. The summed E-state index contributed by atoms with van der Waals surface area (Å²) in [6, 6.07) is 15.3. The Balaban J connectivity index is 2.43. The molecule has 0 atom stereocenters. The molecule has 0 fully saturated rings. The van der Waals surface area contributed by atoms with Crippen LogP contribution in [0.5, 0.6) is 0 Å². The quantitative estimate of drug-likeness (QED) is 0.441. The standard InChI is InChI=1S/C16H18N2O/c1-3-13-9-5-7-11-15(13)17-18(19)16-12-8-6-10-14(16)4-2/h5-12H,3-4H2,1-2H3. The first-order chi connectivity index (χ1) is 9.26. The number of benzene rings is 2. The molecule has 0 amide bonds. The average Bonchev–Trinajstić information content (AvgIpc) is 2.47. The van der Waals surface area contributed by atoms with Crippen LogP contribution in [0.15, 0.2) is 53.6 Å². The zero-order chi connectivity index (χ0) is 13.7. The minimum absolute atomic E-state index is 0.621. The molecule has 2 rings (SSSR count). The van der Waals surface area contributed by atoms with Gasteiger partial charge in [0.25, 0.3) is 0 Å². The molecule has 0 unspecified atom stereocenters. The van der Waals surface area contributed by atoms with E-state index in [2.05, 4.69) is 12.0 Å². The molecule has 2 aromatic carbocycles. The van der Waals surface area contributed by atoms with E-state index < -0.39 is 0 Å². The number of aryl methyl sites for hydroxylation is 2. The first-order valence-electron chi connectivity index (χ1n) is 6.61. The van der Waals surface area contributed by atoms with Crippen molar-refractivity contribution in [3.8, 4) is 0 Å². The van der Waals surface area contributed by atoms with Crippen molar-refractivity contribution in [3.05, 3.63) is 64.9 Å². The third-order valence-corrected chi connectivity index (χ3v) is 3.15. The lowest BCUT2D eigenvalue weighted by molar-refractivity contribution is -0.436. The molecule has 0 aliphatic heterocycles. The van der Waals surface area contributed by atoms with Crippen molar-refractivity contribution in [1.82, 2.24) is 0 Å². The molecule has 98 valence electrons. The molecular weight excluding hydrogens is 236 g/mol. The largest absolute Gasteiger partial charge is 0.594 e. The van der Waals surface area contributed by atoms with Crippen LogP contribution < -0.4 is 0 Å². The van der Waals surface area contributed by atoms with E-state index in [1.54, 1.807) is 0 Å². The van der Waals surface area contributed by atoms with Gasteiger partial charge >= 0.3 is 0 Å². The van der Waals surface area contributed by atoms with Crippen LogP contribution in [0.3, 0.4) is 0 Å². The molecule has 0 aliphatic rings. The number of nitrogens with zero attached hydrogens (tertiary/aromatic N) is 2. The third-order valence-electron chi connectivity index (χ3n) is 3.15. The second-order valence-corrected chi connectivity index (χ2v) is 4.34. The maximum Gasteiger partial charge on any atom is 0.248 e. The number of para-hydroxylation sites is 1. The Morgan fingerprint density at radius 2 is 1.47 bits per heavy atom. The van der Waals surface area contributed by atoms with Crippen LogP contribution in [0, 0.1) is 5.21 Å². The highest BCUT2D eigenvalue weighted by Gasteiger charge is 2.10. The van der Waals surface area contributed by atoms with Gasteiger partial charge in [0.15, 0.2) is 0 Å². The fraction of sp³-hybridized carbons (Fsp3) is 0.250. The lowest BCUT2D eigenvalue weighted by Crippen LogP contribution is -1.96. The van der Waals surface area contributed by atoms with Crippen LogP contribution in [-0.4, -0.2) is 4.86 Å². The molecule has 19 heavy (non-hydrogen) atoms. The second-order valence-electron chi connectivity index (χ2n) is 4.34. The highest BCUT2D eigenvalue weighted by atomic mass is 16.5. The van der Waals surface area contributed by atoms with Crippen LogP contribution >= 0.6 is 0 Å². The van der Waals surface area contributed by atoms with Gasteiger partial charge in [-0.2, -0.15) is 0 Å². The molecule has 0 aliphatic carbocycles. The zero-order valence-electron chi connectivity index (χ0n) is 11.3. The molecule has 0 saturated carbocycles. The van der Waals surface area contributed by atoms with Crippen LogP contribution in [0.4, 0.5) is 11.4 Å². The summed E-state index contributed by atoms with van der Waals surface area (Å²) in [4.78, 5) is 0.729.